The Bertz CT molecular complexity index is 1870. The third-order valence-electron chi connectivity index (χ3n) is 8.83. The number of fused-ring (bicyclic) bond motifs is 1. The van der Waals surface area contributed by atoms with Gasteiger partial charge in [-0.05, 0) is 98.6 Å². The van der Waals surface area contributed by atoms with E-state index in [0.717, 1.165) is 30.3 Å². The Morgan fingerprint density at radius 2 is 1.75 bits per heavy atom. The second kappa shape index (κ2) is 13.9. The molecule has 1 aliphatic rings. The first kappa shape index (κ1) is 34.8. The van der Waals surface area contributed by atoms with Gasteiger partial charge in [0, 0.05) is 36.8 Å². The summed E-state index contributed by atoms with van der Waals surface area (Å²) in [5, 5.41) is 12.7. The number of rotatable bonds is 12. The highest BCUT2D eigenvalue weighted by atomic mass is 19.4. The van der Waals surface area contributed by atoms with Crippen LogP contribution in [0.3, 0.4) is 0 Å². The molecule has 1 amide bonds. The van der Waals surface area contributed by atoms with Gasteiger partial charge in [0.1, 0.15) is 17.5 Å². The predicted octanol–water partition coefficient (Wildman–Crippen LogP) is 6.11. The van der Waals surface area contributed by atoms with E-state index in [1.807, 2.05) is 18.7 Å². The molecule has 1 fully saturated rings. The van der Waals surface area contributed by atoms with Crippen molar-refractivity contribution in [2.24, 2.45) is 5.92 Å². The number of likely N-dealkylation sites (tertiary alicyclic amines) is 1. The van der Waals surface area contributed by atoms with E-state index in [1.54, 1.807) is 42.8 Å². The Hall–Kier alpha value is -4.52. The fourth-order valence-corrected chi connectivity index (χ4v) is 6.42. The number of imidazole rings is 1. The zero-order valence-electron chi connectivity index (χ0n) is 27.3. The van der Waals surface area contributed by atoms with Gasteiger partial charge in [-0.2, -0.15) is 13.2 Å². The molecule has 4 heterocycles. The number of aliphatic carboxylic acids is 1. The first-order valence-electron chi connectivity index (χ1n) is 15.9. The minimum atomic E-state index is -4.75. The number of aryl methyl sites for hydroxylation is 2. The molecule has 0 saturated carbocycles. The smallest absolute Gasteiger partial charge is 0.416 e. The standard InChI is InChI=1S/C35H39F4N5O4/c1-20(2)12-29(44-19-23(6-10-42-8-5-9-42)26(17-31(44)45)35(37,38)39)34(48)41-27(18-32(46)47)24-15-28(43-11-7-40-30(43)16-24)33-21(3)13-25(36)14-22(33)4/h7,11,13-17,19-20,27,29H,5-6,8-10,12,18H2,1-4H3,(H,41,48)(H,46,47). The molecule has 1 aromatic carbocycles. The molecule has 4 aromatic rings. The Kier molecular flexibility index (Phi) is 10.1. The van der Waals surface area contributed by atoms with E-state index in [1.165, 1.54) is 12.1 Å². The van der Waals surface area contributed by atoms with E-state index in [9.17, 15) is 37.1 Å². The molecule has 13 heteroatoms. The van der Waals surface area contributed by atoms with Crippen molar-refractivity contribution in [3.05, 3.63) is 92.9 Å². The largest absolute Gasteiger partial charge is 0.481 e. The Labute approximate surface area is 275 Å². The molecular weight excluding hydrogens is 630 g/mol. The fraction of sp³-hybridized carbons (Fsp3) is 0.429. The summed E-state index contributed by atoms with van der Waals surface area (Å²) in [6.45, 7) is 9.12. The van der Waals surface area contributed by atoms with Crippen LogP contribution in [-0.4, -0.2) is 55.5 Å². The van der Waals surface area contributed by atoms with Gasteiger partial charge >= 0.3 is 12.1 Å². The molecule has 2 unspecified atom stereocenters. The molecule has 1 saturated heterocycles. The number of hydrogen-bond acceptors (Lipinski definition) is 5. The number of carboxylic acid groups (broad SMARTS) is 1. The summed E-state index contributed by atoms with van der Waals surface area (Å²) in [6.07, 6.45) is 0.267. The Morgan fingerprint density at radius 1 is 1.06 bits per heavy atom. The van der Waals surface area contributed by atoms with Crippen LogP contribution in [-0.2, 0) is 22.2 Å². The van der Waals surface area contributed by atoms with E-state index in [4.69, 9.17) is 0 Å². The van der Waals surface area contributed by atoms with Crippen LogP contribution in [0.15, 0.2) is 53.7 Å². The number of carbonyl (C=O) groups excluding carboxylic acids is 1. The van der Waals surface area contributed by atoms with Gasteiger partial charge in [0.05, 0.1) is 23.7 Å². The number of pyridine rings is 2. The molecule has 1 aliphatic heterocycles. The van der Waals surface area contributed by atoms with Crippen LogP contribution in [0.1, 0.15) is 73.0 Å². The highest BCUT2D eigenvalue weighted by molar-refractivity contribution is 5.82. The van der Waals surface area contributed by atoms with Crippen molar-refractivity contribution in [2.75, 3.05) is 19.6 Å². The maximum atomic E-state index is 14.2. The maximum Gasteiger partial charge on any atom is 0.416 e. The lowest BCUT2D eigenvalue weighted by atomic mass is 9.95. The normalized spacial score (nSPS) is 15.0. The van der Waals surface area contributed by atoms with Crippen molar-refractivity contribution in [3.8, 4) is 11.3 Å². The number of benzene rings is 1. The number of alkyl halides is 3. The monoisotopic (exact) mass is 669 g/mol. The van der Waals surface area contributed by atoms with Crippen molar-refractivity contribution in [1.29, 1.82) is 0 Å². The van der Waals surface area contributed by atoms with Gasteiger partial charge in [0.2, 0.25) is 5.91 Å². The van der Waals surface area contributed by atoms with E-state index in [-0.39, 0.29) is 24.3 Å². The molecule has 0 spiro atoms. The minimum Gasteiger partial charge on any atom is -0.481 e. The van der Waals surface area contributed by atoms with Crippen LogP contribution in [0.4, 0.5) is 17.6 Å². The van der Waals surface area contributed by atoms with Gasteiger partial charge in [-0.1, -0.05) is 13.8 Å². The number of carbonyl (C=O) groups is 2. The number of halogens is 4. The number of nitrogens with one attached hydrogen (secondary N) is 1. The van der Waals surface area contributed by atoms with E-state index >= 15 is 0 Å². The maximum absolute atomic E-state index is 14.2. The third-order valence-corrected chi connectivity index (χ3v) is 8.83. The lowest BCUT2D eigenvalue weighted by Crippen LogP contribution is -2.41. The SMILES string of the molecule is Cc1cc(F)cc(C)c1-c1cc(C(CC(=O)O)NC(=O)C(CC(C)C)n2cc(CCN3CCC3)c(C(F)(F)F)cc2=O)cc2nccn12. The molecule has 48 heavy (non-hydrogen) atoms. The third kappa shape index (κ3) is 7.61. The highest BCUT2D eigenvalue weighted by Crippen LogP contribution is 2.34. The van der Waals surface area contributed by atoms with Crippen LogP contribution in [0.25, 0.3) is 16.9 Å². The Balaban J connectivity index is 1.56. The van der Waals surface area contributed by atoms with E-state index in [2.05, 4.69) is 10.3 Å². The number of carboxylic acids is 1. The van der Waals surface area contributed by atoms with Crippen molar-refractivity contribution in [2.45, 2.75) is 71.6 Å². The van der Waals surface area contributed by atoms with Gasteiger partial charge in [0.25, 0.3) is 5.56 Å². The van der Waals surface area contributed by atoms with Crippen molar-refractivity contribution in [3.63, 3.8) is 0 Å². The summed E-state index contributed by atoms with van der Waals surface area (Å²) in [7, 11) is 0. The van der Waals surface area contributed by atoms with Gasteiger partial charge in [-0.25, -0.2) is 9.37 Å². The summed E-state index contributed by atoms with van der Waals surface area (Å²) >= 11 is 0. The van der Waals surface area contributed by atoms with Crippen molar-refractivity contribution >= 4 is 17.5 Å². The molecular formula is C35H39F4N5O4. The zero-order valence-corrected chi connectivity index (χ0v) is 27.3. The molecule has 0 aliphatic carbocycles. The van der Waals surface area contributed by atoms with Crippen LogP contribution in [0.2, 0.25) is 0 Å². The number of hydrogen-bond donors (Lipinski definition) is 2. The van der Waals surface area contributed by atoms with Crippen LogP contribution in [0.5, 0.6) is 0 Å². The van der Waals surface area contributed by atoms with Gasteiger partial charge in [-0.15, -0.1) is 0 Å². The first-order valence-corrected chi connectivity index (χ1v) is 15.9. The quantitative estimate of drug-likeness (QED) is 0.177. The van der Waals surface area contributed by atoms with Crippen LogP contribution < -0.4 is 10.9 Å². The van der Waals surface area contributed by atoms with E-state index < -0.39 is 53.5 Å². The minimum absolute atomic E-state index is 0.0438. The second-order valence-corrected chi connectivity index (χ2v) is 12.9. The van der Waals surface area contributed by atoms with Crippen molar-refractivity contribution < 1.29 is 32.3 Å². The molecule has 0 bridgehead atoms. The predicted molar refractivity (Wildman–Crippen MR) is 172 cm³/mol. The molecule has 3 aromatic heterocycles. The highest BCUT2D eigenvalue weighted by Gasteiger charge is 2.36. The number of nitrogens with zero attached hydrogens (tertiary/aromatic N) is 4. The topological polar surface area (TPSA) is 109 Å². The molecule has 2 atom stereocenters. The number of amides is 1. The lowest BCUT2D eigenvalue weighted by Gasteiger charge is -2.31. The molecule has 0 radical (unpaired) electrons. The van der Waals surface area contributed by atoms with Gasteiger partial charge in [0.15, 0.2) is 0 Å². The van der Waals surface area contributed by atoms with E-state index in [0.29, 0.717) is 46.2 Å². The van der Waals surface area contributed by atoms with Crippen molar-refractivity contribution in [1.82, 2.24) is 24.2 Å². The molecule has 2 N–H and O–H groups in total. The second-order valence-electron chi connectivity index (χ2n) is 12.9. The summed E-state index contributed by atoms with van der Waals surface area (Å²) in [4.78, 5) is 45.8. The molecule has 9 nitrogen and oxygen atoms in total. The summed E-state index contributed by atoms with van der Waals surface area (Å²) in [6, 6.07) is 4.38. The van der Waals surface area contributed by atoms with Crippen LogP contribution >= 0.6 is 0 Å². The summed E-state index contributed by atoms with van der Waals surface area (Å²) in [5.74, 6) is -2.46. The first-order chi connectivity index (χ1) is 22.6. The summed E-state index contributed by atoms with van der Waals surface area (Å²) < 4.78 is 59.1. The number of aromatic nitrogens is 3. The lowest BCUT2D eigenvalue weighted by molar-refractivity contribution is -0.139. The fourth-order valence-electron chi connectivity index (χ4n) is 6.42. The van der Waals surface area contributed by atoms with Gasteiger partial charge in [-0.3, -0.25) is 18.8 Å². The Morgan fingerprint density at radius 3 is 2.33 bits per heavy atom. The summed E-state index contributed by atoms with van der Waals surface area (Å²) in [5.41, 5.74) is 1.37. The molecule has 5 rings (SSSR count). The average molecular weight is 670 g/mol. The molecule has 256 valence electrons. The van der Waals surface area contributed by atoms with Crippen LogP contribution in [0, 0.1) is 25.6 Å². The zero-order chi connectivity index (χ0) is 34.9. The average Bonchev–Trinajstić information content (AvgIpc) is 3.43. The van der Waals surface area contributed by atoms with Gasteiger partial charge < -0.3 is 19.9 Å².